The van der Waals surface area contributed by atoms with E-state index in [0.717, 1.165) is 6.07 Å². The SMILES string of the molecule is CC(C)NCc1cccc(F)c1Oc1cccc(F)c1F. The first-order chi connectivity index (χ1) is 9.99. The van der Waals surface area contributed by atoms with Crippen LogP contribution in [0, 0.1) is 17.5 Å². The van der Waals surface area contributed by atoms with Gasteiger partial charge in [0, 0.05) is 18.2 Å². The summed E-state index contributed by atoms with van der Waals surface area (Å²) in [6, 6.07) is 8.17. The van der Waals surface area contributed by atoms with Crippen LogP contribution < -0.4 is 10.1 Å². The van der Waals surface area contributed by atoms with Gasteiger partial charge in [0.25, 0.3) is 0 Å². The van der Waals surface area contributed by atoms with Crippen LogP contribution in [0.5, 0.6) is 11.5 Å². The fraction of sp³-hybridized carbons (Fsp3) is 0.250. The molecule has 5 heteroatoms. The van der Waals surface area contributed by atoms with Crippen LogP contribution in [-0.2, 0) is 6.54 Å². The highest BCUT2D eigenvalue weighted by molar-refractivity contribution is 5.39. The zero-order chi connectivity index (χ0) is 15.4. The highest BCUT2D eigenvalue weighted by Crippen LogP contribution is 2.30. The second-order valence-corrected chi connectivity index (χ2v) is 4.92. The monoisotopic (exact) mass is 295 g/mol. The molecular weight excluding hydrogens is 279 g/mol. The standard InChI is InChI=1S/C16H16F3NO/c1-10(2)20-9-11-5-3-7-13(18)16(11)21-14-8-4-6-12(17)15(14)19/h3-8,10,20H,9H2,1-2H3. The van der Waals surface area contributed by atoms with E-state index in [1.165, 1.54) is 18.2 Å². The van der Waals surface area contributed by atoms with Gasteiger partial charge in [0.2, 0.25) is 5.82 Å². The maximum absolute atomic E-state index is 13.9. The molecule has 2 rings (SSSR count). The van der Waals surface area contributed by atoms with Gasteiger partial charge in [0.05, 0.1) is 0 Å². The molecule has 2 aromatic carbocycles. The summed E-state index contributed by atoms with van der Waals surface area (Å²) in [5.74, 6) is -3.24. The van der Waals surface area contributed by atoms with E-state index in [1.807, 2.05) is 13.8 Å². The van der Waals surface area contributed by atoms with Crippen molar-refractivity contribution in [2.45, 2.75) is 26.4 Å². The summed E-state index contributed by atoms with van der Waals surface area (Å²) in [5.41, 5.74) is 0.535. The van der Waals surface area contributed by atoms with Crippen molar-refractivity contribution in [2.24, 2.45) is 0 Å². The Morgan fingerprint density at radius 3 is 2.38 bits per heavy atom. The lowest BCUT2D eigenvalue weighted by molar-refractivity contribution is 0.391. The third-order valence-corrected chi connectivity index (χ3v) is 2.88. The maximum Gasteiger partial charge on any atom is 0.201 e. The number of para-hydroxylation sites is 1. The molecule has 21 heavy (non-hydrogen) atoms. The van der Waals surface area contributed by atoms with Gasteiger partial charge in [0.1, 0.15) is 0 Å². The molecule has 0 aliphatic heterocycles. The van der Waals surface area contributed by atoms with Crippen molar-refractivity contribution in [1.82, 2.24) is 5.32 Å². The van der Waals surface area contributed by atoms with Crippen molar-refractivity contribution < 1.29 is 17.9 Å². The molecule has 0 fully saturated rings. The smallest absolute Gasteiger partial charge is 0.201 e. The van der Waals surface area contributed by atoms with Crippen LogP contribution in [0.4, 0.5) is 13.2 Å². The van der Waals surface area contributed by atoms with Gasteiger partial charge in [-0.25, -0.2) is 8.78 Å². The largest absolute Gasteiger partial charge is 0.451 e. The Labute approximate surface area is 121 Å². The normalized spacial score (nSPS) is 11.0. The molecule has 0 aromatic heterocycles. The average Bonchev–Trinajstić information content (AvgIpc) is 2.44. The number of benzene rings is 2. The number of hydrogen-bond acceptors (Lipinski definition) is 2. The lowest BCUT2D eigenvalue weighted by Crippen LogP contribution is -2.22. The molecule has 0 aliphatic rings. The number of halogens is 3. The van der Waals surface area contributed by atoms with Gasteiger partial charge in [0.15, 0.2) is 23.1 Å². The molecule has 2 aromatic rings. The van der Waals surface area contributed by atoms with Crippen LogP contribution in [-0.4, -0.2) is 6.04 Å². The molecule has 1 N–H and O–H groups in total. The lowest BCUT2D eigenvalue weighted by Gasteiger charge is -2.14. The molecule has 0 saturated heterocycles. The summed E-state index contributed by atoms with van der Waals surface area (Å²) < 4.78 is 46.0. The van der Waals surface area contributed by atoms with E-state index in [0.29, 0.717) is 12.1 Å². The van der Waals surface area contributed by atoms with Crippen LogP contribution in [0.3, 0.4) is 0 Å². The third-order valence-electron chi connectivity index (χ3n) is 2.88. The maximum atomic E-state index is 13.9. The van der Waals surface area contributed by atoms with Crippen LogP contribution in [0.2, 0.25) is 0 Å². The van der Waals surface area contributed by atoms with Crippen LogP contribution >= 0.6 is 0 Å². The second-order valence-electron chi connectivity index (χ2n) is 4.92. The van der Waals surface area contributed by atoms with Crippen molar-refractivity contribution in [3.05, 3.63) is 59.4 Å². The molecule has 0 aliphatic carbocycles. The van der Waals surface area contributed by atoms with Gasteiger partial charge in [-0.1, -0.05) is 32.0 Å². The predicted octanol–water partition coefficient (Wildman–Crippen LogP) is 4.39. The first kappa shape index (κ1) is 15.4. The summed E-state index contributed by atoms with van der Waals surface area (Å²) in [4.78, 5) is 0. The van der Waals surface area contributed by atoms with E-state index < -0.39 is 17.5 Å². The lowest BCUT2D eigenvalue weighted by atomic mass is 10.2. The summed E-state index contributed by atoms with van der Waals surface area (Å²) >= 11 is 0. The van der Waals surface area contributed by atoms with E-state index in [-0.39, 0.29) is 17.5 Å². The minimum atomic E-state index is -1.14. The minimum absolute atomic E-state index is 0.102. The highest BCUT2D eigenvalue weighted by Gasteiger charge is 2.15. The van der Waals surface area contributed by atoms with Crippen molar-refractivity contribution in [3.8, 4) is 11.5 Å². The fourth-order valence-corrected chi connectivity index (χ4v) is 1.79. The molecule has 0 amide bonds. The number of rotatable bonds is 5. The highest BCUT2D eigenvalue weighted by atomic mass is 19.2. The Hall–Kier alpha value is -2.01. The van der Waals surface area contributed by atoms with E-state index in [4.69, 9.17) is 4.74 Å². The molecule has 0 atom stereocenters. The van der Waals surface area contributed by atoms with Crippen LogP contribution in [0.15, 0.2) is 36.4 Å². The van der Waals surface area contributed by atoms with E-state index in [2.05, 4.69) is 5.32 Å². The second kappa shape index (κ2) is 6.63. The zero-order valence-electron chi connectivity index (χ0n) is 11.8. The van der Waals surface area contributed by atoms with Crippen LogP contribution in [0.25, 0.3) is 0 Å². The summed E-state index contributed by atoms with van der Waals surface area (Å²) in [6.45, 7) is 4.26. The van der Waals surface area contributed by atoms with Crippen molar-refractivity contribution >= 4 is 0 Å². The van der Waals surface area contributed by atoms with Crippen LogP contribution in [0.1, 0.15) is 19.4 Å². The fourth-order valence-electron chi connectivity index (χ4n) is 1.79. The van der Waals surface area contributed by atoms with Crippen molar-refractivity contribution in [2.75, 3.05) is 0 Å². The molecule has 0 spiro atoms. The quantitative estimate of drug-likeness (QED) is 0.883. The predicted molar refractivity (Wildman–Crippen MR) is 74.8 cm³/mol. The molecule has 0 radical (unpaired) electrons. The van der Waals surface area contributed by atoms with Gasteiger partial charge < -0.3 is 10.1 Å². The summed E-state index contributed by atoms with van der Waals surface area (Å²) in [5, 5.41) is 3.13. The Kier molecular flexibility index (Phi) is 4.85. The Bertz CT molecular complexity index is 629. The summed E-state index contributed by atoms with van der Waals surface area (Å²) in [7, 11) is 0. The Morgan fingerprint density at radius 2 is 1.67 bits per heavy atom. The van der Waals surface area contributed by atoms with Gasteiger partial charge in [-0.3, -0.25) is 0 Å². The Balaban J connectivity index is 2.32. The van der Waals surface area contributed by atoms with E-state index in [9.17, 15) is 13.2 Å². The van der Waals surface area contributed by atoms with Gasteiger partial charge >= 0.3 is 0 Å². The minimum Gasteiger partial charge on any atom is -0.451 e. The number of nitrogens with one attached hydrogen (secondary N) is 1. The van der Waals surface area contributed by atoms with Crippen molar-refractivity contribution in [3.63, 3.8) is 0 Å². The zero-order valence-corrected chi connectivity index (χ0v) is 11.8. The summed E-state index contributed by atoms with van der Waals surface area (Å²) in [6.07, 6.45) is 0. The van der Waals surface area contributed by atoms with E-state index in [1.54, 1.807) is 12.1 Å². The molecule has 0 unspecified atom stereocenters. The molecule has 2 nitrogen and oxygen atoms in total. The number of hydrogen-bond donors (Lipinski definition) is 1. The molecule has 0 heterocycles. The average molecular weight is 295 g/mol. The number of ether oxygens (including phenoxy) is 1. The first-order valence-corrected chi connectivity index (χ1v) is 6.61. The van der Waals surface area contributed by atoms with Gasteiger partial charge in [-0.15, -0.1) is 0 Å². The topological polar surface area (TPSA) is 21.3 Å². The third kappa shape index (κ3) is 3.76. The molecule has 0 saturated carbocycles. The molecule has 0 bridgehead atoms. The van der Waals surface area contributed by atoms with Gasteiger partial charge in [-0.2, -0.15) is 4.39 Å². The van der Waals surface area contributed by atoms with E-state index >= 15 is 0 Å². The van der Waals surface area contributed by atoms with Crippen molar-refractivity contribution in [1.29, 1.82) is 0 Å². The molecular formula is C16H16F3NO. The first-order valence-electron chi connectivity index (χ1n) is 6.61. The Morgan fingerprint density at radius 1 is 1.00 bits per heavy atom. The molecule has 112 valence electrons. The van der Waals surface area contributed by atoms with Gasteiger partial charge in [-0.05, 0) is 18.2 Å².